The molecule has 4 nitrogen and oxygen atoms in total. The van der Waals surface area contributed by atoms with Crippen molar-refractivity contribution in [2.75, 3.05) is 13.7 Å². The van der Waals surface area contributed by atoms with E-state index in [0.717, 1.165) is 0 Å². The normalized spacial score (nSPS) is 20.2. The molecule has 1 unspecified atom stereocenters. The van der Waals surface area contributed by atoms with E-state index in [1.807, 2.05) is 6.92 Å². The molecule has 1 aromatic rings. The summed E-state index contributed by atoms with van der Waals surface area (Å²) in [7, 11) is 1.43. The van der Waals surface area contributed by atoms with E-state index in [-0.39, 0.29) is 17.7 Å². The number of methoxy groups -OCH3 is 1. The average Bonchev–Trinajstić information content (AvgIpc) is 3.12. The van der Waals surface area contributed by atoms with Gasteiger partial charge in [-0.3, -0.25) is 4.79 Å². The van der Waals surface area contributed by atoms with E-state index in [1.54, 1.807) is 30.0 Å². The Morgan fingerprint density at radius 1 is 1.52 bits per heavy atom. The van der Waals surface area contributed by atoms with Crippen LogP contribution in [-0.4, -0.2) is 30.6 Å². The molecule has 3 rings (SSSR count). The molecular formula is C17H17FNO3S. The van der Waals surface area contributed by atoms with Gasteiger partial charge in [-0.05, 0) is 38.5 Å². The van der Waals surface area contributed by atoms with Gasteiger partial charge in [0.1, 0.15) is 0 Å². The molecule has 0 N–H and O–H groups in total. The van der Waals surface area contributed by atoms with Crippen LogP contribution < -0.4 is 4.74 Å². The minimum atomic E-state index is -0.445. The second-order valence-electron chi connectivity index (χ2n) is 5.19. The van der Waals surface area contributed by atoms with Gasteiger partial charge in [-0.25, -0.2) is 4.39 Å². The zero-order chi connectivity index (χ0) is 16.6. The molecule has 1 aliphatic heterocycles. The van der Waals surface area contributed by atoms with Crippen LogP contribution in [0.4, 0.5) is 4.39 Å². The molecule has 0 bridgehead atoms. The molecule has 1 radical (unpaired) electrons. The Labute approximate surface area is 138 Å². The lowest BCUT2D eigenvalue weighted by Gasteiger charge is -2.28. The third kappa shape index (κ3) is 2.67. The number of halogens is 1. The summed E-state index contributed by atoms with van der Waals surface area (Å²) in [6.45, 7) is 4.21. The van der Waals surface area contributed by atoms with Crippen molar-refractivity contribution in [3.63, 3.8) is 0 Å². The molecule has 121 valence electrons. The van der Waals surface area contributed by atoms with Crippen molar-refractivity contribution in [3.8, 4) is 5.06 Å². The van der Waals surface area contributed by atoms with Crippen LogP contribution in [0, 0.1) is 6.08 Å². The van der Waals surface area contributed by atoms with Crippen LogP contribution in [0.1, 0.15) is 29.9 Å². The Balaban J connectivity index is 1.88. The summed E-state index contributed by atoms with van der Waals surface area (Å²) in [6.07, 6.45) is 5.16. The summed E-state index contributed by atoms with van der Waals surface area (Å²) in [5.74, 6) is -0.395. The summed E-state index contributed by atoms with van der Waals surface area (Å²) < 4.78 is 24.8. The minimum Gasteiger partial charge on any atom is -0.494 e. The van der Waals surface area contributed by atoms with Gasteiger partial charge in [0.2, 0.25) is 0 Å². The van der Waals surface area contributed by atoms with Crippen molar-refractivity contribution in [2.24, 2.45) is 0 Å². The lowest BCUT2D eigenvalue weighted by atomic mass is 9.98. The summed E-state index contributed by atoms with van der Waals surface area (Å²) in [5, 5.41) is 0.702. The van der Waals surface area contributed by atoms with Gasteiger partial charge in [0.15, 0.2) is 16.6 Å². The molecule has 0 saturated carbocycles. The van der Waals surface area contributed by atoms with E-state index >= 15 is 0 Å². The first-order valence-corrected chi connectivity index (χ1v) is 8.19. The number of thiophene rings is 1. The number of hydrogen-bond acceptors (Lipinski definition) is 4. The first kappa shape index (κ1) is 15.8. The number of amides is 1. The van der Waals surface area contributed by atoms with Gasteiger partial charge in [0.05, 0.1) is 24.6 Å². The molecule has 0 saturated heterocycles. The topological polar surface area (TPSA) is 38.8 Å². The number of nitrogens with zero attached hydrogens (tertiary/aromatic N) is 1. The number of ether oxygens (including phenoxy) is 2. The predicted octanol–water partition coefficient (Wildman–Crippen LogP) is 3.84. The maximum atomic E-state index is 14.4. The SMILES string of the molecule is CCOc1ccc(C(=O)N2C(C)=[C]C3=C(F)C(OC)=CCC32)s1. The maximum absolute atomic E-state index is 14.4. The average molecular weight is 334 g/mol. The van der Waals surface area contributed by atoms with Gasteiger partial charge in [-0.1, -0.05) is 11.3 Å². The van der Waals surface area contributed by atoms with Crippen LogP contribution in [-0.2, 0) is 4.74 Å². The highest BCUT2D eigenvalue weighted by Gasteiger charge is 2.38. The summed E-state index contributed by atoms with van der Waals surface area (Å²) >= 11 is 1.30. The summed E-state index contributed by atoms with van der Waals surface area (Å²) in [6, 6.07) is 3.16. The zero-order valence-corrected chi connectivity index (χ0v) is 14.0. The highest BCUT2D eigenvalue weighted by atomic mass is 32.1. The van der Waals surface area contributed by atoms with Crippen molar-refractivity contribution in [3.05, 3.63) is 52.0 Å². The van der Waals surface area contributed by atoms with Gasteiger partial charge < -0.3 is 14.4 Å². The van der Waals surface area contributed by atoms with Gasteiger partial charge in [0.25, 0.3) is 5.91 Å². The summed E-state index contributed by atoms with van der Waals surface area (Å²) in [5.41, 5.74) is 0.999. The Morgan fingerprint density at radius 3 is 3.00 bits per heavy atom. The third-order valence-electron chi connectivity index (χ3n) is 3.82. The highest BCUT2D eigenvalue weighted by Crippen LogP contribution is 2.39. The maximum Gasteiger partial charge on any atom is 0.268 e. The van der Waals surface area contributed by atoms with Gasteiger partial charge in [-0.15, -0.1) is 0 Å². The Morgan fingerprint density at radius 2 is 2.30 bits per heavy atom. The van der Waals surface area contributed by atoms with Crippen molar-refractivity contribution in [1.29, 1.82) is 0 Å². The standard InChI is InChI=1S/C17H17FNO3S/c1-4-22-15-8-7-14(23-15)17(20)19-10(2)9-11-12(19)5-6-13(21-3)16(11)18/h6-8,12H,4-5H2,1-3H3. The number of hydrogen-bond donors (Lipinski definition) is 0. The first-order valence-electron chi connectivity index (χ1n) is 7.37. The molecule has 0 spiro atoms. The number of fused-ring (bicyclic) bond motifs is 1. The van der Waals surface area contributed by atoms with E-state index < -0.39 is 5.83 Å². The van der Waals surface area contributed by atoms with Crippen LogP contribution in [0.3, 0.4) is 0 Å². The largest absolute Gasteiger partial charge is 0.494 e. The molecule has 1 amide bonds. The molecule has 23 heavy (non-hydrogen) atoms. The van der Waals surface area contributed by atoms with E-state index in [1.165, 1.54) is 18.4 Å². The fourth-order valence-corrected chi connectivity index (χ4v) is 3.66. The Hall–Kier alpha value is -2.08. The highest BCUT2D eigenvalue weighted by molar-refractivity contribution is 7.15. The van der Waals surface area contributed by atoms with Gasteiger partial charge in [-0.2, -0.15) is 0 Å². The predicted molar refractivity (Wildman–Crippen MR) is 85.7 cm³/mol. The molecule has 1 aliphatic carbocycles. The monoisotopic (exact) mass is 334 g/mol. The zero-order valence-electron chi connectivity index (χ0n) is 13.2. The molecule has 1 aromatic heterocycles. The number of carbonyl (C=O) groups is 1. The first-order chi connectivity index (χ1) is 11.1. The van der Waals surface area contributed by atoms with Crippen molar-refractivity contribution in [2.45, 2.75) is 26.3 Å². The number of rotatable bonds is 4. The fraction of sp³-hybridized carbons (Fsp3) is 0.353. The number of allylic oxidation sites excluding steroid dienone is 2. The fourth-order valence-electron chi connectivity index (χ4n) is 2.81. The third-order valence-corrected chi connectivity index (χ3v) is 4.80. The van der Waals surface area contributed by atoms with E-state index in [2.05, 4.69) is 6.08 Å². The van der Waals surface area contributed by atoms with Crippen LogP contribution in [0.15, 0.2) is 41.1 Å². The van der Waals surface area contributed by atoms with Gasteiger partial charge in [0, 0.05) is 17.3 Å². The molecule has 0 fully saturated rings. The molecular weight excluding hydrogens is 317 g/mol. The van der Waals surface area contributed by atoms with Crippen LogP contribution in [0.25, 0.3) is 0 Å². The van der Waals surface area contributed by atoms with Crippen molar-refractivity contribution >= 4 is 17.2 Å². The molecule has 2 heterocycles. The molecule has 2 aliphatic rings. The van der Waals surface area contributed by atoms with E-state index in [4.69, 9.17) is 9.47 Å². The van der Waals surface area contributed by atoms with Gasteiger partial charge >= 0.3 is 0 Å². The quantitative estimate of drug-likeness (QED) is 0.840. The Bertz CT molecular complexity index is 732. The van der Waals surface area contributed by atoms with Crippen molar-refractivity contribution < 1.29 is 18.7 Å². The second kappa shape index (κ2) is 6.20. The van der Waals surface area contributed by atoms with E-state index in [9.17, 15) is 9.18 Å². The van der Waals surface area contributed by atoms with Crippen LogP contribution >= 0.6 is 11.3 Å². The Kier molecular flexibility index (Phi) is 4.26. The minimum absolute atomic E-state index is 0.159. The lowest BCUT2D eigenvalue weighted by molar-refractivity contribution is 0.0783. The smallest absolute Gasteiger partial charge is 0.268 e. The van der Waals surface area contributed by atoms with Crippen LogP contribution in [0.2, 0.25) is 0 Å². The molecule has 6 heteroatoms. The summed E-state index contributed by atoms with van der Waals surface area (Å²) in [4.78, 5) is 15.0. The van der Waals surface area contributed by atoms with Crippen LogP contribution in [0.5, 0.6) is 5.06 Å². The molecule has 1 atom stereocenters. The lowest BCUT2D eigenvalue weighted by Crippen LogP contribution is -2.36. The number of carbonyl (C=O) groups excluding carboxylic acids is 1. The van der Waals surface area contributed by atoms with E-state index in [0.29, 0.717) is 34.2 Å². The second-order valence-corrected chi connectivity index (χ2v) is 6.24. The van der Waals surface area contributed by atoms with Crippen molar-refractivity contribution in [1.82, 2.24) is 4.90 Å². The molecule has 0 aromatic carbocycles.